The van der Waals surface area contributed by atoms with Crippen LogP contribution in [-0.2, 0) is 4.79 Å². The molecule has 1 aliphatic heterocycles. The normalized spacial score (nSPS) is 22.4. The van der Waals surface area contributed by atoms with Crippen LogP contribution in [0.15, 0.2) is 0 Å². The van der Waals surface area contributed by atoms with E-state index in [1.807, 2.05) is 0 Å². The van der Waals surface area contributed by atoms with Gasteiger partial charge >= 0.3 is 0 Å². The van der Waals surface area contributed by atoms with Crippen molar-refractivity contribution in [2.24, 2.45) is 0 Å². The first-order valence-electron chi connectivity index (χ1n) is 5.70. The number of piperidine rings is 1. The fraction of sp³-hybridized carbons (Fsp3) is 0.909. The maximum Gasteiger partial charge on any atom is 0.223 e. The van der Waals surface area contributed by atoms with E-state index in [9.17, 15) is 4.79 Å². The quantitative estimate of drug-likeness (QED) is 0.714. The summed E-state index contributed by atoms with van der Waals surface area (Å²) in [5.74, 6) is 0.979. The molecule has 1 atom stereocenters. The molecule has 0 spiro atoms. The monoisotopic (exact) mass is 215 g/mol. The van der Waals surface area contributed by atoms with Crippen LogP contribution >= 0.6 is 12.6 Å². The van der Waals surface area contributed by atoms with Gasteiger partial charge in [0.05, 0.1) is 0 Å². The standard InChI is InChI=1S/C11H21NOS/c1-2-5-10-6-3-4-8-12(10)11(13)7-9-14/h10,14H,2-9H2,1H3. The Hall–Kier alpha value is -0.180. The van der Waals surface area contributed by atoms with Gasteiger partial charge in [-0.25, -0.2) is 0 Å². The van der Waals surface area contributed by atoms with Gasteiger partial charge in [0, 0.05) is 19.0 Å². The molecule has 14 heavy (non-hydrogen) atoms. The number of hydrogen-bond acceptors (Lipinski definition) is 2. The van der Waals surface area contributed by atoms with Crippen LogP contribution in [-0.4, -0.2) is 29.1 Å². The summed E-state index contributed by atoms with van der Waals surface area (Å²) in [5, 5.41) is 0. The van der Waals surface area contributed by atoms with Crippen LogP contribution < -0.4 is 0 Å². The van der Waals surface area contributed by atoms with E-state index in [1.165, 1.54) is 25.7 Å². The number of amides is 1. The molecule has 1 fully saturated rings. The number of nitrogens with zero attached hydrogens (tertiary/aromatic N) is 1. The van der Waals surface area contributed by atoms with E-state index in [1.54, 1.807) is 0 Å². The molecule has 0 aromatic heterocycles. The lowest BCUT2D eigenvalue weighted by Gasteiger charge is -2.35. The summed E-state index contributed by atoms with van der Waals surface area (Å²) in [6.07, 6.45) is 6.61. The zero-order chi connectivity index (χ0) is 10.4. The fourth-order valence-corrected chi connectivity index (χ4v) is 2.39. The van der Waals surface area contributed by atoms with Gasteiger partial charge in [-0.05, 0) is 31.4 Å². The minimum Gasteiger partial charge on any atom is -0.340 e. The lowest BCUT2D eigenvalue weighted by Crippen LogP contribution is -2.43. The summed E-state index contributed by atoms with van der Waals surface area (Å²) in [6, 6.07) is 0.515. The summed E-state index contributed by atoms with van der Waals surface area (Å²) in [4.78, 5) is 13.8. The molecule has 0 N–H and O–H groups in total. The van der Waals surface area contributed by atoms with E-state index in [0.29, 0.717) is 24.1 Å². The van der Waals surface area contributed by atoms with Crippen LogP contribution in [0.3, 0.4) is 0 Å². The van der Waals surface area contributed by atoms with Crippen LogP contribution in [0, 0.1) is 0 Å². The van der Waals surface area contributed by atoms with Crippen molar-refractivity contribution in [3.05, 3.63) is 0 Å². The summed E-state index contributed by atoms with van der Waals surface area (Å²) in [7, 11) is 0. The second-order valence-corrected chi connectivity index (χ2v) is 4.45. The van der Waals surface area contributed by atoms with Gasteiger partial charge in [-0.1, -0.05) is 13.3 Å². The van der Waals surface area contributed by atoms with E-state index in [4.69, 9.17) is 0 Å². The first kappa shape index (κ1) is 11.9. The molecular formula is C11H21NOS. The molecule has 1 amide bonds. The SMILES string of the molecule is CCCC1CCCCN1C(=O)CCS. The topological polar surface area (TPSA) is 20.3 Å². The first-order valence-corrected chi connectivity index (χ1v) is 6.33. The van der Waals surface area contributed by atoms with E-state index < -0.39 is 0 Å². The number of thiol groups is 1. The van der Waals surface area contributed by atoms with E-state index >= 15 is 0 Å². The molecule has 0 bridgehead atoms. The Balaban J connectivity index is 2.48. The van der Waals surface area contributed by atoms with Gasteiger partial charge in [0.2, 0.25) is 5.91 Å². The molecule has 1 saturated heterocycles. The predicted octanol–water partition coefficient (Wildman–Crippen LogP) is 2.49. The van der Waals surface area contributed by atoms with Gasteiger partial charge in [0.25, 0.3) is 0 Å². The van der Waals surface area contributed by atoms with Crippen molar-refractivity contribution in [2.45, 2.75) is 51.5 Å². The highest BCUT2D eigenvalue weighted by Gasteiger charge is 2.24. The van der Waals surface area contributed by atoms with Crippen molar-refractivity contribution >= 4 is 18.5 Å². The second-order valence-electron chi connectivity index (χ2n) is 4.00. The van der Waals surface area contributed by atoms with Crippen molar-refractivity contribution in [2.75, 3.05) is 12.3 Å². The molecular weight excluding hydrogens is 194 g/mol. The molecule has 0 saturated carbocycles. The zero-order valence-electron chi connectivity index (χ0n) is 9.04. The number of rotatable bonds is 4. The van der Waals surface area contributed by atoms with Crippen LogP contribution in [0.5, 0.6) is 0 Å². The third-order valence-electron chi connectivity index (χ3n) is 2.90. The molecule has 0 aliphatic carbocycles. The minimum absolute atomic E-state index is 0.304. The summed E-state index contributed by atoms with van der Waals surface area (Å²) in [6.45, 7) is 3.16. The Bertz CT molecular complexity index is 182. The summed E-state index contributed by atoms with van der Waals surface area (Å²) < 4.78 is 0. The lowest BCUT2D eigenvalue weighted by atomic mass is 9.98. The third kappa shape index (κ3) is 3.19. The van der Waals surface area contributed by atoms with Crippen molar-refractivity contribution in [3.8, 4) is 0 Å². The van der Waals surface area contributed by atoms with Crippen molar-refractivity contribution in [1.82, 2.24) is 4.90 Å². The van der Waals surface area contributed by atoms with Gasteiger partial charge in [-0.15, -0.1) is 0 Å². The summed E-state index contributed by atoms with van der Waals surface area (Å²) in [5.41, 5.74) is 0. The van der Waals surface area contributed by atoms with Crippen LogP contribution in [0.4, 0.5) is 0 Å². The number of carbonyl (C=O) groups excluding carboxylic acids is 1. The van der Waals surface area contributed by atoms with Gasteiger partial charge < -0.3 is 4.90 Å². The molecule has 2 nitrogen and oxygen atoms in total. The molecule has 0 radical (unpaired) electrons. The van der Waals surface area contributed by atoms with Crippen molar-refractivity contribution < 1.29 is 4.79 Å². The Morgan fingerprint density at radius 2 is 2.29 bits per heavy atom. The number of hydrogen-bond donors (Lipinski definition) is 1. The van der Waals surface area contributed by atoms with Crippen molar-refractivity contribution in [3.63, 3.8) is 0 Å². The average molecular weight is 215 g/mol. The highest BCUT2D eigenvalue weighted by molar-refractivity contribution is 7.80. The molecule has 0 aromatic rings. The smallest absolute Gasteiger partial charge is 0.223 e. The van der Waals surface area contributed by atoms with Gasteiger partial charge in [-0.2, -0.15) is 12.6 Å². The van der Waals surface area contributed by atoms with Crippen LogP contribution in [0.25, 0.3) is 0 Å². The highest BCUT2D eigenvalue weighted by Crippen LogP contribution is 2.21. The first-order chi connectivity index (χ1) is 6.79. The minimum atomic E-state index is 0.304. The Morgan fingerprint density at radius 3 is 2.93 bits per heavy atom. The molecule has 1 heterocycles. The zero-order valence-corrected chi connectivity index (χ0v) is 9.93. The Morgan fingerprint density at radius 1 is 1.50 bits per heavy atom. The lowest BCUT2D eigenvalue weighted by molar-refractivity contribution is -0.134. The van der Waals surface area contributed by atoms with Gasteiger partial charge in [0.1, 0.15) is 0 Å². The molecule has 1 aliphatic rings. The number of likely N-dealkylation sites (tertiary alicyclic amines) is 1. The average Bonchev–Trinajstić information content (AvgIpc) is 2.19. The van der Waals surface area contributed by atoms with Gasteiger partial charge in [-0.3, -0.25) is 4.79 Å². The van der Waals surface area contributed by atoms with E-state index in [2.05, 4.69) is 24.5 Å². The highest BCUT2D eigenvalue weighted by atomic mass is 32.1. The largest absolute Gasteiger partial charge is 0.340 e. The van der Waals surface area contributed by atoms with Gasteiger partial charge in [0.15, 0.2) is 0 Å². The molecule has 3 heteroatoms. The van der Waals surface area contributed by atoms with Crippen LogP contribution in [0.1, 0.15) is 45.4 Å². The molecule has 1 rings (SSSR count). The predicted molar refractivity (Wildman–Crippen MR) is 62.7 cm³/mol. The molecule has 0 aromatic carbocycles. The fourth-order valence-electron chi connectivity index (χ4n) is 2.20. The third-order valence-corrected chi connectivity index (χ3v) is 3.12. The molecule has 82 valence electrons. The van der Waals surface area contributed by atoms with Crippen LogP contribution in [0.2, 0.25) is 0 Å². The van der Waals surface area contributed by atoms with E-state index in [-0.39, 0.29) is 0 Å². The maximum atomic E-state index is 11.8. The molecule has 1 unspecified atom stereocenters. The van der Waals surface area contributed by atoms with E-state index in [0.717, 1.165) is 13.0 Å². The Kier molecular flexibility index (Phi) is 5.38. The summed E-state index contributed by atoms with van der Waals surface area (Å²) >= 11 is 4.11. The number of carbonyl (C=O) groups is 1. The second kappa shape index (κ2) is 6.33. The Labute approximate surface area is 92.5 Å². The maximum absolute atomic E-state index is 11.8. The van der Waals surface area contributed by atoms with Crippen molar-refractivity contribution in [1.29, 1.82) is 0 Å².